The second kappa shape index (κ2) is 14.4. The van der Waals surface area contributed by atoms with Gasteiger partial charge in [0.05, 0.1) is 29.2 Å². The molecule has 4 aromatic rings. The predicted octanol–water partition coefficient (Wildman–Crippen LogP) is 5.36. The number of fused-ring (bicyclic) bond motifs is 1. The number of alkyl halides is 3. The lowest BCUT2D eigenvalue weighted by atomic mass is 9.93. The largest absolute Gasteiger partial charge is 0.494 e. The van der Waals surface area contributed by atoms with E-state index in [-0.39, 0.29) is 29.2 Å². The monoisotopic (exact) mass is 732 g/mol. The van der Waals surface area contributed by atoms with Crippen LogP contribution in [0, 0.1) is 11.7 Å². The Kier molecular flexibility index (Phi) is 10.4. The summed E-state index contributed by atoms with van der Waals surface area (Å²) in [5.41, 5.74) is 7.22. The molecule has 1 amide bonds. The standard InChI is InChI=1S/C32H31FN4O6S.C2HF3O2/c1-43-26-17-19(6-11-25(26)33)28(36-20-7-10-22-18(16-20)12-14-35-30(22)34)31(38)37-15-13-24(32(39)40)29(37)23-4-2-3-5-27(23)44(41,42)21-8-9-21;3-2(4,5)1(6)7/h2-7,10-12,14,16-17,21,24,28-29,36H,8-9,13,15H2,1H3,(H2,34,35)(H,39,40);(H,6,7)/t24-,28-,29+;/m1./s1. The number of nitrogens with two attached hydrogens (primary N) is 1. The van der Waals surface area contributed by atoms with E-state index in [1.165, 1.54) is 36.3 Å². The van der Waals surface area contributed by atoms with Crippen LogP contribution in [0.25, 0.3) is 10.8 Å². The van der Waals surface area contributed by atoms with Gasteiger partial charge in [0, 0.05) is 23.8 Å². The Labute approximate surface area is 288 Å². The SMILES string of the molecule is COc1cc([C@@H](Nc2ccc3c(N)nccc3c2)C(=O)N2CC[C@@H](C(=O)O)[C@@H]2c2ccccc2S(=O)(=O)C2CC2)ccc1F.O=C(O)C(F)(F)F. The molecule has 17 heteroatoms. The Morgan fingerprint density at radius 2 is 1.71 bits per heavy atom. The van der Waals surface area contributed by atoms with Crippen LogP contribution in [0.3, 0.4) is 0 Å². The number of nitrogens with zero attached hydrogens (tertiary/aromatic N) is 2. The molecule has 1 aromatic heterocycles. The lowest BCUT2D eigenvalue weighted by Crippen LogP contribution is -2.40. The minimum Gasteiger partial charge on any atom is -0.494 e. The molecular formula is C34H32F4N4O8S. The molecule has 0 spiro atoms. The molecule has 1 aliphatic carbocycles. The number of amides is 1. The van der Waals surface area contributed by atoms with Gasteiger partial charge in [-0.3, -0.25) is 9.59 Å². The number of methoxy groups -OCH3 is 1. The Morgan fingerprint density at radius 1 is 1.02 bits per heavy atom. The molecule has 2 fully saturated rings. The van der Waals surface area contributed by atoms with Gasteiger partial charge in [0.15, 0.2) is 21.4 Å². The number of hydrogen-bond donors (Lipinski definition) is 4. The van der Waals surface area contributed by atoms with Crippen LogP contribution in [0.1, 0.15) is 42.5 Å². The fourth-order valence-electron chi connectivity index (χ4n) is 5.99. The zero-order valence-corrected chi connectivity index (χ0v) is 27.6. The minimum atomic E-state index is -5.08. The van der Waals surface area contributed by atoms with Crippen LogP contribution in [0.5, 0.6) is 5.75 Å². The van der Waals surface area contributed by atoms with E-state index in [4.69, 9.17) is 20.4 Å². The summed E-state index contributed by atoms with van der Waals surface area (Å²) in [6, 6.07) is 15.3. The normalized spacial score (nSPS) is 18.0. The van der Waals surface area contributed by atoms with Crippen LogP contribution < -0.4 is 15.8 Å². The van der Waals surface area contributed by atoms with Gasteiger partial charge in [-0.25, -0.2) is 22.6 Å². The fraction of sp³-hybridized carbons (Fsp3) is 0.294. The smallest absolute Gasteiger partial charge is 0.490 e. The van der Waals surface area contributed by atoms with E-state index in [2.05, 4.69) is 10.3 Å². The summed E-state index contributed by atoms with van der Waals surface area (Å²) < 4.78 is 78.2. The van der Waals surface area contributed by atoms with Crippen molar-refractivity contribution >= 4 is 50.0 Å². The van der Waals surface area contributed by atoms with Crippen LogP contribution in [-0.2, 0) is 24.2 Å². The minimum absolute atomic E-state index is 0.0483. The molecule has 1 saturated heterocycles. The van der Waals surface area contributed by atoms with Crippen molar-refractivity contribution in [3.05, 3.63) is 89.9 Å². The van der Waals surface area contributed by atoms with Crippen molar-refractivity contribution in [3.63, 3.8) is 0 Å². The van der Waals surface area contributed by atoms with Crippen molar-refractivity contribution in [1.82, 2.24) is 9.88 Å². The molecule has 2 aliphatic rings. The summed E-state index contributed by atoms with van der Waals surface area (Å²) >= 11 is 0. The Balaban J connectivity index is 0.000000654. The van der Waals surface area contributed by atoms with E-state index in [1.54, 1.807) is 48.7 Å². The highest BCUT2D eigenvalue weighted by molar-refractivity contribution is 7.92. The third-order valence-electron chi connectivity index (χ3n) is 8.61. The fourth-order valence-corrected chi connectivity index (χ4v) is 7.89. The topological polar surface area (TPSA) is 189 Å². The number of ether oxygens (including phenoxy) is 1. The Bertz CT molecular complexity index is 2090. The summed E-state index contributed by atoms with van der Waals surface area (Å²) in [5, 5.41) is 21.5. The highest BCUT2D eigenvalue weighted by Crippen LogP contribution is 2.44. The van der Waals surface area contributed by atoms with Crippen LogP contribution >= 0.6 is 0 Å². The van der Waals surface area contributed by atoms with Gasteiger partial charge in [0.1, 0.15) is 11.9 Å². The van der Waals surface area contributed by atoms with Crippen LogP contribution in [0.15, 0.2) is 77.8 Å². The number of likely N-dealkylation sites (tertiary alicyclic amines) is 1. The van der Waals surface area contributed by atoms with Crippen LogP contribution in [0.2, 0.25) is 0 Å². The molecular weight excluding hydrogens is 700 g/mol. The molecule has 0 unspecified atom stereocenters. The summed E-state index contributed by atoms with van der Waals surface area (Å²) in [4.78, 5) is 41.5. The van der Waals surface area contributed by atoms with Gasteiger partial charge in [0.25, 0.3) is 0 Å². The van der Waals surface area contributed by atoms with Crippen molar-refractivity contribution in [2.45, 2.75) is 47.7 Å². The third kappa shape index (κ3) is 7.82. The first kappa shape index (κ1) is 36.8. The number of hydrogen-bond acceptors (Lipinski definition) is 9. The lowest BCUT2D eigenvalue weighted by Gasteiger charge is -2.32. The number of carboxylic acid groups (broad SMARTS) is 2. The van der Waals surface area contributed by atoms with Gasteiger partial charge in [-0.05, 0) is 78.2 Å². The lowest BCUT2D eigenvalue weighted by molar-refractivity contribution is -0.192. The highest BCUT2D eigenvalue weighted by Gasteiger charge is 2.47. The van der Waals surface area contributed by atoms with Crippen molar-refractivity contribution in [3.8, 4) is 5.75 Å². The number of aromatic nitrogens is 1. The Hall–Kier alpha value is -5.45. The van der Waals surface area contributed by atoms with E-state index >= 15 is 0 Å². The average Bonchev–Trinajstić information content (AvgIpc) is 3.86. The van der Waals surface area contributed by atoms with E-state index in [9.17, 15) is 40.7 Å². The van der Waals surface area contributed by atoms with E-state index in [0.717, 1.165) is 10.8 Å². The number of rotatable bonds is 9. The molecule has 3 atom stereocenters. The van der Waals surface area contributed by atoms with Gasteiger partial charge in [-0.2, -0.15) is 13.2 Å². The first-order valence-electron chi connectivity index (χ1n) is 15.4. The number of halogens is 4. The highest BCUT2D eigenvalue weighted by atomic mass is 32.2. The number of carbonyl (C=O) groups is 3. The molecule has 1 saturated carbocycles. The van der Waals surface area contributed by atoms with Crippen LogP contribution in [-0.4, -0.2) is 71.4 Å². The molecule has 0 bridgehead atoms. The van der Waals surface area contributed by atoms with Gasteiger partial charge in [-0.1, -0.05) is 24.3 Å². The predicted molar refractivity (Wildman–Crippen MR) is 176 cm³/mol. The number of anilines is 2. The average molecular weight is 733 g/mol. The maximum absolute atomic E-state index is 14.6. The first-order chi connectivity index (χ1) is 24.0. The molecule has 5 N–H and O–H groups in total. The van der Waals surface area contributed by atoms with E-state index < -0.39 is 62.9 Å². The maximum Gasteiger partial charge on any atom is 0.490 e. The van der Waals surface area contributed by atoms with Crippen molar-refractivity contribution in [2.24, 2.45) is 5.92 Å². The summed E-state index contributed by atoms with van der Waals surface area (Å²) in [6.07, 6.45) is -2.30. The van der Waals surface area contributed by atoms with Gasteiger partial charge < -0.3 is 30.9 Å². The number of pyridine rings is 1. The summed E-state index contributed by atoms with van der Waals surface area (Å²) in [5.74, 6) is -5.74. The number of benzene rings is 3. The summed E-state index contributed by atoms with van der Waals surface area (Å²) in [6.45, 7) is 0.0781. The van der Waals surface area contributed by atoms with Gasteiger partial charge in [-0.15, -0.1) is 0 Å². The van der Waals surface area contributed by atoms with E-state index in [0.29, 0.717) is 29.9 Å². The van der Waals surface area contributed by atoms with Gasteiger partial charge in [0.2, 0.25) is 5.91 Å². The molecule has 51 heavy (non-hydrogen) atoms. The second-order valence-electron chi connectivity index (χ2n) is 11.9. The molecule has 270 valence electrons. The number of aliphatic carboxylic acids is 2. The molecule has 6 rings (SSSR count). The molecule has 1 aliphatic heterocycles. The Morgan fingerprint density at radius 3 is 2.33 bits per heavy atom. The number of nitrogens with one attached hydrogen (secondary N) is 1. The number of carboxylic acids is 2. The molecule has 2 heterocycles. The quantitative estimate of drug-likeness (QED) is 0.162. The van der Waals surface area contributed by atoms with Crippen LogP contribution in [0.4, 0.5) is 29.1 Å². The first-order valence-corrected chi connectivity index (χ1v) is 17.0. The zero-order valence-electron chi connectivity index (χ0n) is 26.8. The van der Waals surface area contributed by atoms with Crippen molar-refractivity contribution < 1.29 is 55.3 Å². The number of carbonyl (C=O) groups excluding carboxylic acids is 1. The number of nitrogen functional groups attached to an aromatic ring is 1. The third-order valence-corrected chi connectivity index (χ3v) is 10.9. The van der Waals surface area contributed by atoms with Crippen molar-refractivity contribution in [2.75, 3.05) is 24.7 Å². The second-order valence-corrected chi connectivity index (χ2v) is 14.1. The van der Waals surface area contributed by atoms with Crippen molar-refractivity contribution in [1.29, 1.82) is 0 Å². The van der Waals surface area contributed by atoms with Gasteiger partial charge >= 0.3 is 18.1 Å². The molecule has 0 radical (unpaired) electrons. The molecule has 3 aromatic carbocycles. The van der Waals surface area contributed by atoms with E-state index in [1.807, 2.05) is 0 Å². The zero-order chi connectivity index (χ0) is 37.2. The maximum atomic E-state index is 14.6. The summed E-state index contributed by atoms with van der Waals surface area (Å²) in [7, 11) is -2.39. The number of sulfone groups is 1. The molecule has 12 nitrogen and oxygen atoms in total.